The SMILES string of the molecule is CC(CO)CNC(=O)C(=O)Nc1cccc(CC(F)(F)F)c1. The number of anilines is 1. The molecule has 0 bridgehead atoms. The minimum atomic E-state index is -4.35. The van der Waals surface area contributed by atoms with E-state index in [1.807, 2.05) is 0 Å². The van der Waals surface area contributed by atoms with Gasteiger partial charge in [0, 0.05) is 18.8 Å². The van der Waals surface area contributed by atoms with Crippen molar-refractivity contribution in [3.05, 3.63) is 29.8 Å². The average Bonchev–Trinajstić information content (AvgIpc) is 2.42. The van der Waals surface area contributed by atoms with E-state index in [1.165, 1.54) is 18.2 Å². The number of hydrogen-bond acceptors (Lipinski definition) is 3. The van der Waals surface area contributed by atoms with Crippen molar-refractivity contribution in [2.45, 2.75) is 19.5 Å². The third-order valence-electron chi connectivity index (χ3n) is 2.72. The van der Waals surface area contributed by atoms with Crippen LogP contribution in [0.3, 0.4) is 0 Å². The van der Waals surface area contributed by atoms with Crippen LogP contribution in [0.4, 0.5) is 18.9 Å². The Morgan fingerprint density at radius 1 is 1.27 bits per heavy atom. The Labute approximate surface area is 125 Å². The molecule has 122 valence electrons. The zero-order valence-corrected chi connectivity index (χ0v) is 11.9. The van der Waals surface area contributed by atoms with Gasteiger partial charge >= 0.3 is 18.0 Å². The molecule has 5 nitrogen and oxygen atoms in total. The van der Waals surface area contributed by atoms with Gasteiger partial charge in [-0.05, 0) is 23.6 Å². The van der Waals surface area contributed by atoms with Crippen LogP contribution >= 0.6 is 0 Å². The van der Waals surface area contributed by atoms with E-state index in [-0.39, 0.29) is 30.3 Å². The fourth-order valence-corrected chi connectivity index (χ4v) is 1.59. The third kappa shape index (κ3) is 6.57. The van der Waals surface area contributed by atoms with Crippen molar-refractivity contribution in [2.24, 2.45) is 5.92 Å². The minimum absolute atomic E-state index is 0.0142. The Balaban J connectivity index is 2.60. The molecule has 8 heteroatoms. The Morgan fingerprint density at radius 3 is 2.55 bits per heavy atom. The molecule has 0 saturated heterocycles. The lowest BCUT2D eigenvalue weighted by Gasteiger charge is -2.11. The lowest BCUT2D eigenvalue weighted by molar-refractivity contribution is -0.136. The van der Waals surface area contributed by atoms with Crippen molar-refractivity contribution >= 4 is 17.5 Å². The van der Waals surface area contributed by atoms with Crippen molar-refractivity contribution in [2.75, 3.05) is 18.5 Å². The van der Waals surface area contributed by atoms with E-state index in [0.717, 1.165) is 6.07 Å². The number of alkyl halides is 3. The van der Waals surface area contributed by atoms with Gasteiger partial charge in [0.25, 0.3) is 0 Å². The predicted molar refractivity (Wildman–Crippen MR) is 74.1 cm³/mol. The molecule has 1 aromatic rings. The Morgan fingerprint density at radius 2 is 1.95 bits per heavy atom. The molecule has 22 heavy (non-hydrogen) atoms. The highest BCUT2D eigenvalue weighted by atomic mass is 19.4. The molecule has 1 rings (SSSR count). The summed E-state index contributed by atoms with van der Waals surface area (Å²) >= 11 is 0. The van der Waals surface area contributed by atoms with Crippen LogP contribution in [-0.2, 0) is 16.0 Å². The highest BCUT2D eigenvalue weighted by Gasteiger charge is 2.27. The largest absolute Gasteiger partial charge is 0.396 e. The molecule has 1 atom stereocenters. The molecule has 0 aromatic heterocycles. The first-order chi connectivity index (χ1) is 10.2. The Kier molecular flexibility index (Phi) is 6.36. The van der Waals surface area contributed by atoms with Crippen molar-refractivity contribution < 1.29 is 27.9 Å². The molecule has 2 amide bonds. The molecule has 0 spiro atoms. The van der Waals surface area contributed by atoms with Crippen LogP contribution in [0.5, 0.6) is 0 Å². The highest BCUT2D eigenvalue weighted by Crippen LogP contribution is 2.22. The second-order valence-corrected chi connectivity index (χ2v) is 4.94. The number of rotatable bonds is 5. The summed E-state index contributed by atoms with van der Waals surface area (Å²) in [5, 5.41) is 13.3. The molecule has 0 saturated carbocycles. The van der Waals surface area contributed by atoms with Crippen LogP contribution in [0.2, 0.25) is 0 Å². The quantitative estimate of drug-likeness (QED) is 0.720. The molecule has 0 aliphatic heterocycles. The molecule has 0 heterocycles. The van der Waals surface area contributed by atoms with Crippen molar-refractivity contribution in [1.82, 2.24) is 5.32 Å². The maximum absolute atomic E-state index is 12.3. The molecule has 1 aromatic carbocycles. The van der Waals surface area contributed by atoms with Gasteiger partial charge < -0.3 is 15.7 Å². The summed E-state index contributed by atoms with van der Waals surface area (Å²) in [6, 6.07) is 5.20. The summed E-state index contributed by atoms with van der Waals surface area (Å²) < 4.78 is 36.9. The van der Waals surface area contributed by atoms with E-state index in [2.05, 4.69) is 10.6 Å². The number of carbonyl (C=O) groups is 2. The third-order valence-corrected chi connectivity index (χ3v) is 2.72. The second-order valence-electron chi connectivity index (χ2n) is 4.94. The summed E-state index contributed by atoms with van der Waals surface area (Å²) in [5.41, 5.74) is 0.0942. The molecule has 0 radical (unpaired) electrons. The van der Waals surface area contributed by atoms with Gasteiger partial charge in [-0.15, -0.1) is 0 Å². The van der Waals surface area contributed by atoms with Gasteiger partial charge in [-0.25, -0.2) is 0 Å². The van der Waals surface area contributed by atoms with Gasteiger partial charge in [0.05, 0.1) is 6.42 Å². The van der Waals surface area contributed by atoms with E-state index in [4.69, 9.17) is 5.11 Å². The number of halogens is 3. The molecule has 0 fully saturated rings. The maximum atomic E-state index is 12.3. The molecular weight excluding hydrogens is 301 g/mol. The zero-order chi connectivity index (χ0) is 16.8. The Bertz CT molecular complexity index is 532. The minimum Gasteiger partial charge on any atom is -0.396 e. The van der Waals surface area contributed by atoms with Crippen LogP contribution in [0, 0.1) is 5.92 Å². The van der Waals surface area contributed by atoms with E-state index in [1.54, 1.807) is 6.92 Å². The van der Waals surface area contributed by atoms with Crippen LogP contribution in [0.1, 0.15) is 12.5 Å². The number of carbonyl (C=O) groups excluding carboxylic acids is 2. The normalized spacial score (nSPS) is 12.6. The van der Waals surface area contributed by atoms with E-state index >= 15 is 0 Å². The van der Waals surface area contributed by atoms with Crippen molar-refractivity contribution in [3.63, 3.8) is 0 Å². The summed E-state index contributed by atoms with van der Waals surface area (Å²) in [7, 11) is 0. The summed E-state index contributed by atoms with van der Waals surface area (Å²) in [6.45, 7) is 1.66. The van der Waals surface area contributed by atoms with Gasteiger partial charge in [0.2, 0.25) is 0 Å². The lowest BCUT2D eigenvalue weighted by atomic mass is 10.1. The molecule has 0 aliphatic carbocycles. The zero-order valence-electron chi connectivity index (χ0n) is 11.9. The van der Waals surface area contributed by atoms with Crippen molar-refractivity contribution in [3.8, 4) is 0 Å². The topological polar surface area (TPSA) is 78.4 Å². The van der Waals surface area contributed by atoms with E-state index in [9.17, 15) is 22.8 Å². The first kappa shape index (κ1) is 18.0. The smallest absolute Gasteiger partial charge is 0.393 e. The van der Waals surface area contributed by atoms with Gasteiger partial charge in [0.15, 0.2) is 0 Å². The lowest BCUT2D eigenvalue weighted by Crippen LogP contribution is -2.38. The van der Waals surface area contributed by atoms with Gasteiger partial charge in [0.1, 0.15) is 0 Å². The first-order valence-electron chi connectivity index (χ1n) is 6.57. The van der Waals surface area contributed by atoms with E-state index in [0.29, 0.717) is 0 Å². The second kappa shape index (κ2) is 7.79. The standard InChI is InChI=1S/C14H17F3N2O3/c1-9(8-20)7-18-12(21)13(22)19-11-4-2-3-10(5-11)6-14(15,16)17/h2-5,9,20H,6-8H2,1H3,(H,18,21)(H,19,22). The number of aliphatic hydroxyl groups is 1. The molecule has 3 N–H and O–H groups in total. The molecular formula is C14H17F3N2O3. The number of nitrogens with one attached hydrogen (secondary N) is 2. The predicted octanol–water partition coefficient (Wildman–Crippen LogP) is 1.47. The van der Waals surface area contributed by atoms with Crippen LogP contribution in [0.15, 0.2) is 24.3 Å². The Hall–Kier alpha value is -2.09. The number of benzene rings is 1. The first-order valence-corrected chi connectivity index (χ1v) is 6.57. The van der Waals surface area contributed by atoms with Crippen LogP contribution in [0.25, 0.3) is 0 Å². The highest BCUT2D eigenvalue weighted by molar-refractivity contribution is 6.39. The fraction of sp³-hybridized carbons (Fsp3) is 0.429. The molecule has 0 aliphatic rings. The van der Waals surface area contributed by atoms with E-state index < -0.39 is 24.4 Å². The number of aliphatic hydroxyl groups excluding tert-OH is 1. The van der Waals surface area contributed by atoms with Crippen LogP contribution < -0.4 is 10.6 Å². The van der Waals surface area contributed by atoms with Gasteiger partial charge in [-0.3, -0.25) is 9.59 Å². The fourth-order valence-electron chi connectivity index (χ4n) is 1.59. The van der Waals surface area contributed by atoms with Gasteiger partial charge in [-0.2, -0.15) is 13.2 Å². The summed E-state index contributed by atoms with van der Waals surface area (Å²) in [5.74, 6) is -2.09. The average molecular weight is 318 g/mol. The van der Waals surface area contributed by atoms with Crippen LogP contribution in [-0.4, -0.2) is 36.2 Å². The van der Waals surface area contributed by atoms with Gasteiger partial charge in [-0.1, -0.05) is 19.1 Å². The number of amides is 2. The number of hydrogen-bond donors (Lipinski definition) is 3. The maximum Gasteiger partial charge on any atom is 0.393 e. The monoisotopic (exact) mass is 318 g/mol. The summed E-state index contributed by atoms with van der Waals surface area (Å²) in [6.07, 6.45) is -5.46. The molecule has 1 unspecified atom stereocenters. The summed E-state index contributed by atoms with van der Waals surface area (Å²) in [4.78, 5) is 23.1. The van der Waals surface area contributed by atoms with Crippen molar-refractivity contribution in [1.29, 1.82) is 0 Å².